The van der Waals surface area contributed by atoms with Crippen LogP contribution in [0.15, 0.2) is 30.3 Å². The number of aliphatic hydroxyl groups excluding tert-OH is 1. The lowest BCUT2D eigenvalue weighted by molar-refractivity contribution is 0.0864. The van der Waals surface area contributed by atoms with Crippen molar-refractivity contribution in [3.63, 3.8) is 0 Å². The van der Waals surface area contributed by atoms with Gasteiger partial charge < -0.3 is 5.11 Å². The number of carbonyl (C=O) groups excluding carboxylic acids is 1. The van der Waals surface area contributed by atoms with E-state index in [0.717, 1.165) is 6.42 Å². The number of aliphatic hydroxyl groups is 1. The van der Waals surface area contributed by atoms with E-state index >= 15 is 0 Å². The molecule has 0 aliphatic heterocycles. The Hall–Kier alpha value is -0.933. The fourth-order valence-electron chi connectivity index (χ4n) is 2.54. The molecule has 2 atom stereocenters. The summed E-state index contributed by atoms with van der Waals surface area (Å²) in [5.41, 5.74) is 0.979. The van der Waals surface area contributed by atoms with Crippen molar-refractivity contribution in [2.45, 2.75) is 51.1 Å². The molecule has 0 saturated heterocycles. The molecule has 0 amide bonds. The van der Waals surface area contributed by atoms with Crippen molar-refractivity contribution in [3.8, 4) is 0 Å². The third-order valence-corrected chi connectivity index (χ3v) is 6.52. The quantitative estimate of drug-likeness (QED) is 0.628. The molecule has 0 saturated carbocycles. The zero-order valence-corrected chi connectivity index (χ0v) is 12.8. The standard InChI is InChI=1S/C15H24O2Si/c1-5-15(18(2,3)4)14(17)11-13(16)12-9-7-6-8-10-12/h6-10,14-15,17H,5,11H2,1-4H3/t14-,15+/m0/s1. The Labute approximate surface area is 111 Å². The molecule has 1 rings (SSSR count). The molecule has 0 spiro atoms. The van der Waals surface area contributed by atoms with Crippen molar-refractivity contribution in [3.05, 3.63) is 35.9 Å². The van der Waals surface area contributed by atoms with Gasteiger partial charge in [0.2, 0.25) is 0 Å². The average molecular weight is 264 g/mol. The summed E-state index contributed by atoms with van der Waals surface area (Å²) in [4.78, 5) is 12.1. The molecular formula is C15H24O2Si. The third kappa shape index (κ3) is 4.07. The summed E-state index contributed by atoms with van der Waals surface area (Å²) in [6.45, 7) is 8.84. The number of hydrogen-bond acceptors (Lipinski definition) is 2. The molecule has 18 heavy (non-hydrogen) atoms. The molecule has 0 heterocycles. The SMILES string of the molecule is CC[C@H]([C@@H](O)CC(=O)c1ccccc1)[Si](C)(C)C. The first-order valence-electron chi connectivity index (χ1n) is 6.62. The zero-order chi connectivity index (χ0) is 13.8. The highest BCUT2D eigenvalue weighted by atomic mass is 28.3. The average Bonchev–Trinajstić information content (AvgIpc) is 2.29. The number of carbonyl (C=O) groups is 1. The Morgan fingerprint density at radius 1 is 1.22 bits per heavy atom. The van der Waals surface area contributed by atoms with Crippen LogP contribution in [0.4, 0.5) is 0 Å². The lowest BCUT2D eigenvalue weighted by Crippen LogP contribution is -2.37. The number of hydrogen-bond donors (Lipinski definition) is 1. The van der Waals surface area contributed by atoms with Gasteiger partial charge in [0.1, 0.15) is 0 Å². The minimum absolute atomic E-state index is 0.0415. The highest BCUT2D eigenvalue weighted by Gasteiger charge is 2.32. The van der Waals surface area contributed by atoms with E-state index < -0.39 is 14.2 Å². The maximum absolute atomic E-state index is 12.1. The number of ketones is 1. The van der Waals surface area contributed by atoms with E-state index in [1.807, 2.05) is 30.3 Å². The van der Waals surface area contributed by atoms with Crippen molar-refractivity contribution < 1.29 is 9.90 Å². The van der Waals surface area contributed by atoms with Crippen LogP contribution in [0.5, 0.6) is 0 Å². The maximum Gasteiger partial charge on any atom is 0.165 e. The van der Waals surface area contributed by atoms with Gasteiger partial charge in [-0.25, -0.2) is 0 Å². The van der Waals surface area contributed by atoms with Crippen LogP contribution in [0.25, 0.3) is 0 Å². The molecule has 2 nitrogen and oxygen atoms in total. The summed E-state index contributed by atoms with van der Waals surface area (Å²) in [5.74, 6) is 0.0415. The van der Waals surface area contributed by atoms with Crippen LogP contribution in [0.1, 0.15) is 30.1 Å². The van der Waals surface area contributed by atoms with E-state index in [-0.39, 0.29) is 17.7 Å². The summed E-state index contributed by atoms with van der Waals surface area (Å²) in [5, 5.41) is 10.3. The van der Waals surface area contributed by atoms with Crippen LogP contribution < -0.4 is 0 Å². The Balaban J connectivity index is 2.70. The first kappa shape index (κ1) is 15.1. The van der Waals surface area contributed by atoms with Gasteiger partial charge in [-0.3, -0.25) is 4.79 Å². The van der Waals surface area contributed by atoms with Gasteiger partial charge in [-0.1, -0.05) is 63.3 Å². The molecule has 0 aromatic heterocycles. The van der Waals surface area contributed by atoms with E-state index in [1.54, 1.807) is 0 Å². The second-order valence-corrected chi connectivity index (χ2v) is 11.4. The highest BCUT2D eigenvalue weighted by Crippen LogP contribution is 2.31. The topological polar surface area (TPSA) is 37.3 Å². The van der Waals surface area contributed by atoms with Gasteiger partial charge in [-0.15, -0.1) is 0 Å². The van der Waals surface area contributed by atoms with Crippen LogP contribution in [0.3, 0.4) is 0 Å². The highest BCUT2D eigenvalue weighted by molar-refractivity contribution is 6.77. The fraction of sp³-hybridized carbons (Fsp3) is 0.533. The molecule has 1 aromatic rings. The molecule has 0 aliphatic rings. The molecule has 0 aliphatic carbocycles. The van der Waals surface area contributed by atoms with Gasteiger partial charge >= 0.3 is 0 Å². The third-order valence-electron chi connectivity index (χ3n) is 3.51. The Kier molecular flexibility index (Phi) is 5.29. The molecule has 0 fully saturated rings. The molecule has 0 radical (unpaired) electrons. The summed E-state index contributed by atoms with van der Waals surface area (Å²) < 4.78 is 0. The molecular weight excluding hydrogens is 240 g/mol. The van der Waals surface area contributed by atoms with E-state index in [2.05, 4.69) is 26.6 Å². The van der Waals surface area contributed by atoms with Gasteiger partial charge in [0, 0.05) is 12.0 Å². The molecule has 0 unspecified atom stereocenters. The first-order valence-corrected chi connectivity index (χ1v) is 10.2. The lowest BCUT2D eigenvalue weighted by atomic mass is 10.0. The van der Waals surface area contributed by atoms with E-state index in [0.29, 0.717) is 5.56 Å². The number of benzene rings is 1. The smallest absolute Gasteiger partial charge is 0.165 e. The van der Waals surface area contributed by atoms with Crippen LogP contribution in [-0.2, 0) is 0 Å². The van der Waals surface area contributed by atoms with Crippen molar-refractivity contribution in [2.24, 2.45) is 0 Å². The second-order valence-electron chi connectivity index (χ2n) is 5.94. The number of Topliss-reactive ketones (excluding diaryl/α,β-unsaturated/α-hetero) is 1. The van der Waals surface area contributed by atoms with E-state index in [9.17, 15) is 9.90 Å². The fourth-order valence-corrected chi connectivity index (χ4v) is 5.03. The van der Waals surface area contributed by atoms with Crippen molar-refractivity contribution in [1.82, 2.24) is 0 Å². The largest absolute Gasteiger partial charge is 0.393 e. The van der Waals surface area contributed by atoms with Gasteiger partial charge in [0.15, 0.2) is 5.78 Å². The van der Waals surface area contributed by atoms with Gasteiger partial charge in [0.25, 0.3) is 0 Å². The Morgan fingerprint density at radius 3 is 2.22 bits per heavy atom. The van der Waals surface area contributed by atoms with Crippen LogP contribution in [0.2, 0.25) is 25.2 Å². The molecule has 1 aromatic carbocycles. The summed E-state index contributed by atoms with van der Waals surface area (Å²) in [7, 11) is -1.42. The van der Waals surface area contributed by atoms with E-state index in [1.165, 1.54) is 0 Å². The minimum Gasteiger partial charge on any atom is -0.393 e. The summed E-state index contributed by atoms with van der Waals surface area (Å²) in [6.07, 6.45) is 0.681. The molecule has 100 valence electrons. The predicted octanol–water partition coefficient (Wildman–Crippen LogP) is 3.74. The van der Waals surface area contributed by atoms with Crippen molar-refractivity contribution in [1.29, 1.82) is 0 Å². The van der Waals surface area contributed by atoms with Crippen molar-refractivity contribution >= 4 is 13.9 Å². The maximum atomic E-state index is 12.1. The number of rotatable bonds is 6. The van der Waals surface area contributed by atoms with Crippen LogP contribution in [0, 0.1) is 0 Å². The Morgan fingerprint density at radius 2 is 1.78 bits per heavy atom. The monoisotopic (exact) mass is 264 g/mol. The van der Waals surface area contributed by atoms with Gasteiger partial charge in [-0.05, 0) is 5.54 Å². The zero-order valence-electron chi connectivity index (χ0n) is 11.8. The minimum atomic E-state index is -1.42. The van der Waals surface area contributed by atoms with Crippen LogP contribution >= 0.6 is 0 Å². The molecule has 0 bridgehead atoms. The van der Waals surface area contributed by atoms with Crippen molar-refractivity contribution in [2.75, 3.05) is 0 Å². The first-order chi connectivity index (χ1) is 8.36. The lowest BCUT2D eigenvalue weighted by Gasteiger charge is -2.32. The Bertz CT molecular complexity index is 381. The predicted molar refractivity (Wildman–Crippen MR) is 78.8 cm³/mol. The van der Waals surface area contributed by atoms with Crippen LogP contribution in [-0.4, -0.2) is 25.1 Å². The second kappa shape index (κ2) is 6.30. The van der Waals surface area contributed by atoms with E-state index in [4.69, 9.17) is 0 Å². The normalized spacial score (nSPS) is 15.2. The van der Waals surface area contributed by atoms with Gasteiger partial charge in [-0.2, -0.15) is 0 Å². The van der Waals surface area contributed by atoms with Gasteiger partial charge in [0.05, 0.1) is 14.2 Å². The molecule has 1 N–H and O–H groups in total. The summed E-state index contributed by atoms with van der Waals surface area (Å²) in [6, 6.07) is 9.23. The molecule has 3 heteroatoms. The summed E-state index contributed by atoms with van der Waals surface area (Å²) >= 11 is 0.